The van der Waals surface area contributed by atoms with Gasteiger partial charge in [0.25, 0.3) is 0 Å². The standard InChI is InChI=1S/C16H8F6I2O2/c17-15(18,19)13(25)9-3-1-7(23)5-11(9)14(26,16(20,21)22)10-4-2-8(24)6-12(10)13/h1-6,25-26H. The first kappa shape index (κ1) is 20.1. The van der Waals surface area contributed by atoms with Gasteiger partial charge >= 0.3 is 12.4 Å². The zero-order valence-corrected chi connectivity index (χ0v) is 16.7. The number of aliphatic hydroxyl groups is 2. The number of rotatable bonds is 0. The van der Waals surface area contributed by atoms with E-state index in [0.717, 1.165) is 36.4 Å². The van der Waals surface area contributed by atoms with Gasteiger partial charge in [0, 0.05) is 29.4 Å². The van der Waals surface area contributed by atoms with Crippen molar-refractivity contribution < 1.29 is 36.6 Å². The molecule has 0 spiro atoms. The Balaban J connectivity index is 2.55. The van der Waals surface area contributed by atoms with Crippen molar-refractivity contribution in [3.63, 3.8) is 0 Å². The van der Waals surface area contributed by atoms with E-state index in [0.29, 0.717) is 0 Å². The average molecular weight is 600 g/mol. The lowest BCUT2D eigenvalue weighted by Crippen LogP contribution is -2.55. The Labute approximate surface area is 170 Å². The lowest BCUT2D eigenvalue weighted by atomic mass is 9.67. The first-order chi connectivity index (χ1) is 11.7. The first-order valence-electron chi connectivity index (χ1n) is 6.94. The normalized spacial score (nSPS) is 25.6. The van der Waals surface area contributed by atoms with Crippen LogP contribution in [-0.2, 0) is 11.2 Å². The quantitative estimate of drug-likeness (QED) is 0.337. The zero-order valence-electron chi connectivity index (χ0n) is 12.4. The van der Waals surface area contributed by atoms with Crippen LogP contribution in [0.15, 0.2) is 36.4 Å². The number of alkyl halides is 6. The molecule has 0 radical (unpaired) electrons. The molecular weight excluding hydrogens is 592 g/mol. The molecule has 0 aliphatic heterocycles. The Morgan fingerprint density at radius 3 is 1.19 bits per heavy atom. The molecule has 0 bridgehead atoms. The fraction of sp³-hybridized carbons (Fsp3) is 0.250. The van der Waals surface area contributed by atoms with E-state index in [2.05, 4.69) is 0 Å². The summed E-state index contributed by atoms with van der Waals surface area (Å²) in [5.74, 6) is 0. The zero-order chi connectivity index (χ0) is 19.7. The molecule has 0 saturated heterocycles. The van der Waals surface area contributed by atoms with Crippen LogP contribution in [0.3, 0.4) is 0 Å². The second kappa shape index (κ2) is 5.95. The number of benzene rings is 2. The van der Waals surface area contributed by atoms with Gasteiger partial charge in [-0.05, 0) is 69.4 Å². The summed E-state index contributed by atoms with van der Waals surface area (Å²) in [5, 5.41) is 21.2. The summed E-state index contributed by atoms with van der Waals surface area (Å²) in [6, 6.07) is 5.44. The van der Waals surface area contributed by atoms with Crippen LogP contribution in [0.25, 0.3) is 0 Å². The van der Waals surface area contributed by atoms with Gasteiger partial charge in [-0.1, -0.05) is 12.1 Å². The van der Waals surface area contributed by atoms with Crippen LogP contribution in [0.1, 0.15) is 22.3 Å². The summed E-state index contributed by atoms with van der Waals surface area (Å²) in [4.78, 5) is 0. The molecule has 2 atom stereocenters. The molecule has 1 aliphatic carbocycles. The van der Waals surface area contributed by atoms with E-state index in [1.165, 1.54) is 0 Å². The van der Waals surface area contributed by atoms with Crippen LogP contribution in [-0.4, -0.2) is 22.6 Å². The molecule has 10 heteroatoms. The van der Waals surface area contributed by atoms with Crippen LogP contribution in [0.4, 0.5) is 26.3 Å². The van der Waals surface area contributed by atoms with Gasteiger partial charge in [0.2, 0.25) is 11.2 Å². The fourth-order valence-corrected chi connectivity index (χ4v) is 4.15. The topological polar surface area (TPSA) is 40.5 Å². The molecule has 2 nitrogen and oxygen atoms in total. The van der Waals surface area contributed by atoms with E-state index < -0.39 is 45.8 Å². The maximum Gasteiger partial charge on any atom is 0.425 e. The molecule has 2 unspecified atom stereocenters. The van der Waals surface area contributed by atoms with Crippen LogP contribution < -0.4 is 0 Å². The van der Waals surface area contributed by atoms with Crippen LogP contribution in [0.5, 0.6) is 0 Å². The molecule has 1 aliphatic rings. The van der Waals surface area contributed by atoms with Gasteiger partial charge < -0.3 is 10.2 Å². The van der Waals surface area contributed by atoms with E-state index in [4.69, 9.17) is 0 Å². The van der Waals surface area contributed by atoms with Crippen molar-refractivity contribution in [2.24, 2.45) is 0 Å². The van der Waals surface area contributed by atoms with E-state index in [1.807, 2.05) is 0 Å². The van der Waals surface area contributed by atoms with Crippen molar-refractivity contribution in [3.05, 3.63) is 65.8 Å². The molecule has 2 N–H and O–H groups in total. The van der Waals surface area contributed by atoms with Crippen LogP contribution >= 0.6 is 45.2 Å². The van der Waals surface area contributed by atoms with Crippen LogP contribution in [0.2, 0.25) is 0 Å². The van der Waals surface area contributed by atoms with Gasteiger partial charge in [0.15, 0.2) is 0 Å². The minimum atomic E-state index is -5.30. The Morgan fingerprint density at radius 2 is 0.923 bits per heavy atom. The van der Waals surface area contributed by atoms with Crippen LogP contribution in [0, 0.1) is 7.14 Å². The van der Waals surface area contributed by atoms with Gasteiger partial charge in [0.1, 0.15) is 0 Å². The molecular formula is C16H8F6I2O2. The van der Waals surface area contributed by atoms with Gasteiger partial charge in [-0.3, -0.25) is 0 Å². The van der Waals surface area contributed by atoms with Gasteiger partial charge in [0.05, 0.1) is 0 Å². The van der Waals surface area contributed by atoms with E-state index >= 15 is 0 Å². The van der Waals surface area contributed by atoms with Crippen molar-refractivity contribution in [1.29, 1.82) is 0 Å². The molecule has 0 aromatic heterocycles. The molecule has 0 heterocycles. The lowest BCUT2D eigenvalue weighted by molar-refractivity contribution is -0.270. The average Bonchev–Trinajstić information content (AvgIpc) is 2.50. The van der Waals surface area contributed by atoms with Crippen molar-refractivity contribution >= 4 is 45.2 Å². The maximum absolute atomic E-state index is 13.8. The molecule has 3 rings (SSSR count). The van der Waals surface area contributed by atoms with Crippen molar-refractivity contribution in [2.75, 3.05) is 0 Å². The molecule has 0 amide bonds. The summed E-state index contributed by atoms with van der Waals surface area (Å²) in [6.07, 6.45) is -10.6. The maximum atomic E-state index is 13.8. The minimum Gasteiger partial charge on any atom is -0.372 e. The van der Waals surface area contributed by atoms with Gasteiger partial charge in [-0.25, -0.2) is 0 Å². The Kier molecular flexibility index (Phi) is 4.61. The van der Waals surface area contributed by atoms with Gasteiger partial charge in [-0.15, -0.1) is 0 Å². The highest BCUT2D eigenvalue weighted by Crippen LogP contribution is 2.58. The predicted molar refractivity (Wildman–Crippen MR) is 96.4 cm³/mol. The Hall–Kier alpha value is -0.600. The summed E-state index contributed by atoms with van der Waals surface area (Å²) in [6.45, 7) is 0. The Bertz CT molecular complexity index is 822. The number of fused-ring (bicyclic) bond motifs is 2. The molecule has 2 aromatic rings. The third-order valence-electron chi connectivity index (χ3n) is 4.34. The SMILES string of the molecule is OC1(C(F)(F)F)c2ccc(I)cc2C(O)(C(F)(F)F)c2ccc(I)cc21. The second-order valence-corrected chi connectivity index (χ2v) is 8.29. The van der Waals surface area contributed by atoms with E-state index in [1.54, 1.807) is 45.2 Å². The van der Waals surface area contributed by atoms with Crippen molar-refractivity contribution in [2.45, 2.75) is 23.6 Å². The highest BCUT2D eigenvalue weighted by Gasteiger charge is 2.68. The molecule has 0 saturated carbocycles. The third-order valence-corrected chi connectivity index (χ3v) is 5.68. The fourth-order valence-electron chi connectivity index (χ4n) is 3.16. The number of halogens is 8. The molecule has 2 aromatic carbocycles. The number of hydrogen-bond donors (Lipinski definition) is 2. The molecule has 0 fully saturated rings. The summed E-state index contributed by atoms with van der Waals surface area (Å²) in [7, 11) is 0. The monoisotopic (exact) mass is 600 g/mol. The molecule has 140 valence electrons. The molecule has 26 heavy (non-hydrogen) atoms. The highest BCUT2D eigenvalue weighted by atomic mass is 127. The lowest BCUT2D eigenvalue weighted by Gasteiger charge is -2.45. The Morgan fingerprint density at radius 1 is 0.615 bits per heavy atom. The predicted octanol–water partition coefficient (Wildman–Crippen LogP) is 4.81. The minimum absolute atomic E-state index is 0.183. The summed E-state index contributed by atoms with van der Waals surface area (Å²) >= 11 is 3.25. The summed E-state index contributed by atoms with van der Waals surface area (Å²) in [5.41, 5.74) is -11.5. The third kappa shape index (κ3) is 2.58. The first-order valence-corrected chi connectivity index (χ1v) is 9.09. The summed E-state index contributed by atoms with van der Waals surface area (Å²) < 4.78 is 83.4. The largest absolute Gasteiger partial charge is 0.425 e. The van der Waals surface area contributed by atoms with E-state index in [-0.39, 0.29) is 7.14 Å². The second-order valence-electron chi connectivity index (χ2n) is 5.80. The van der Waals surface area contributed by atoms with Crippen molar-refractivity contribution in [1.82, 2.24) is 0 Å². The smallest absolute Gasteiger partial charge is 0.372 e. The highest BCUT2D eigenvalue weighted by molar-refractivity contribution is 14.1. The van der Waals surface area contributed by atoms with E-state index in [9.17, 15) is 36.6 Å². The van der Waals surface area contributed by atoms with Crippen molar-refractivity contribution in [3.8, 4) is 0 Å². The number of hydrogen-bond acceptors (Lipinski definition) is 2. The van der Waals surface area contributed by atoms with Gasteiger partial charge in [-0.2, -0.15) is 26.3 Å².